The first kappa shape index (κ1) is 21.0. The molecule has 0 aliphatic carbocycles. The second kappa shape index (κ2) is 9.24. The van der Waals surface area contributed by atoms with Crippen molar-refractivity contribution in [3.8, 4) is 11.4 Å². The molecule has 1 saturated heterocycles. The van der Waals surface area contributed by atoms with Crippen molar-refractivity contribution in [2.45, 2.75) is 39.2 Å². The number of hydrogen-bond acceptors (Lipinski definition) is 6. The Morgan fingerprint density at radius 1 is 1.32 bits per heavy atom. The molecule has 162 valence electrons. The highest BCUT2D eigenvalue weighted by Crippen LogP contribution is 2.30. The van der Waals surface area contributed by atoms with E-state index in [0.29, 0.717) is 24.7 Å². The molecular weight excluding hydrogens is 397 g/mol. The molecule has 4 rings (SSSR count). The van der Waals surface area contributed by atoms with Crippen LogP contribution in [0, 0.1) is 11.7 Å². The minimum Gasteiger partial charge on any atom is -0.355 e. The Hall–Kier alpha value is -3.29. The van der Waals surface area contributed by atoms with Gasteiger partial charge in [0.15, 0.2) is 0 Å². The van der Waals surface area contributed by atoms with Gasteiger partial charge < -0.3 is 14.7 Å². The molecule has 0 bridgehead atoms. The Kier molecular flexibility index (Phi) is 6.25. The molecule has 0 spiro atoms. The van der Waals surface area contributed by atoms with E-state index in [1.54, 1.807) is 18.3 Å². The number of benzene rings is 1. The Balaban J connectivity index is 1.47. The summed E-state index contributed by atoms with van der Waals surface area (Å²) in [5, 5.41) is 7.15. The predicted molar refractivity (Wildman–Crippen MR) is 115 cm³/mol. The molecule has 1 fully saturated rings. The molecule has 1 aliphatic heterocycles. The average Bonchev–Trinajstić information content (AvgIpc) is 3.29. The van der Waals surface area contributed by atoms with Gasteiger partial charge in [-0.1, -0.05) is 24.2 Å². The van der Waals surface area contributed by atoms with Gasteiger partial charge in [-0.3, -0.25) is 4.79 Å². The molecule has 7 nitrogen and oxygen atoms in total. The van der Waals surface area contributed by atoms with Crippen molar-refractivity contribution in [2.24, 2.45) is 5.92 Å². The van der Waals surface area contributed by atoms with Crippen LogP contribution in [0.4, 0.5) is 10.2 Å². The van der Waals surface area contributed by atoms with Crippen LogP contribution >= 0.6 is 0 Å². The highest BCUT2D eigenvalue weighted by molar-refractivity contribution is 5.80. The van der Waals surface area contributed by atoms with E-state index in [9.17, 15) is 9.18 Å². The summed E-state index contributed by atoms with van der Waals surface area (Å²) in [6.07, 6.45) is 4.09. The minimum absolute atomic E-state index is 0.00756. The number of rotatable bonds is 6. The Morgan fingerprint density at radius 2 is 2.13 bits per heavy atom. The Bertz CT molecular complexity index is 1040. The normalized spacial score (nSPS) is 17.4. The molecule has 0 saturated carbocycles. The molecule has 2 aromatic heterocycles. The Labute approximate surface area is 180 Å². The van der Waals surface area contributed by atoms with Crippen LogP contribution in [0.3, 0.4) is 0 Å². The maximum atomic E-state index is 13.2. The van der Waals surface area contributed by atoms with Crippen LogP contribution in [0.1, 0.15) is 44.2 Å². The maximum absolute atomic E-state index is 13.2. The van der Waals surface area contributed by atoms with Crippen molar-refractivity contribution >= 4 is 11.7 Å². The largest absolute Gasteiger partial charge is 0.355 e. The molecule has 0 radical (unpaired) electrons. The summed E-state index contributed by atoms with van der Waals surface area (Å²) in [5.74, 6) is 1.39. The maximum Gasteiger partial charge on any atom is 0.226 e. The number of carbonyl (C=O) groups excluding carboxylic acids is 1. The zero-order valence-corrected chi connectivity index (χ0v) is 17.7. The second-order valence-corrected chi connectivity index (χ2v) is 7.81. The number of aromatic nitrogens is 3. The summed E-state index contributed by atoms with van der Waals surface area (Å²) in [5.41, 5.74) is 1.67. The molecule has 3 heterocycles. The summed E-state index contributed by atoms with van der Waals surface area (Å²) in [4.78, 5) is 24.1. The zero-order chi connectivity index (χ0) is 21.8. The van der Waals surface area contributed by atoms with E-state index in [2.05, 4.69) is 25.3 Å². The molecule has 1 aromatic carbocycles. The number of amides is 1. The van der Waals surface area contributed by atoms with Gasteiger partial charge in [-0.15, -0.1) is 0 Å². The number of halogens is 1. The fraction of sp³-hybridized carbons (Fsp3) is 0.391. The third kappa shape index (κ3) is 4.73. The Morgan fingerprint density at radius 3 is 2.87 bits per heavy atom. The SMILES string of the molecule is CCc1nc(-c2cccnc2N2CCC[C@@H](C(=O)N[C@H](C)c3ccc(F)cc3)C2)no1. The third-order valence-electron chi connectivity index (χ3n) is 5.62. The van der Waals surface area contributed by atoms with Gasteiger partial charge in [-0.25, -0.2) is 9.37 Å². The first-order valence-corrected chi connectivity index (χ1v) is 10.6. The van der Waals surface area contributed by atoms with E-state index in [1.807, 2.05) is 26.0 Å². The first-order valence-electron chi connectivity index (χ1n) is 10.6. The summed E-state index contributed by atoms with van der Waals surface area (Å²) < 4.78 is 18.4. The third-order valence-corrected chi connectivity index (χ3v) is 5.62. The number of nitrogens with zero attached hydrogens (tertiary/aromatic N) is 4. The van der Waals surface area contributed by atoms with Gasteiger partial charge in [-0.05, 0) is 49.6 Å². The van der Waals surface area contributed by atoms with Crippen LogP contribution in [0.25, 0.3) is 11.4 Å². The summed E-state index contributed by atoms with van der Waals surface area (Å²) in [7, 11) is 0. The van der Waals surface area contributed by atoms with Gasteiger partial charge in [0.1, 0.15) is 11.6 Å². The van der Waals surface area contributed by atoms with E-state index in [-0.39, 0.29) is 23.7 Å². The van der Waals surface area contributed by atoms with Crippen molar-refractivity contribution in [2.75, 3.05) is 18.0 Å². The first-order chi connectivity index (χ1) is 15.0. The van der Waals surface area contributed by atoms with Crippen molar-refractivity contribution < 1.29 is 13.7 Å². The van der Waals surface area contributed by atoms with Crippen LogP contribution < -0.4 is 10.2 Å². The highest BCUT2D eigenvalue weighted by Gasteiger charge is 2.29. The molecule has 1 aliphatic rings. The molecule has 8 heteroatoms. The van der Waals surface area contributed by atoms with E-state index in [0.717, 1.165) is 36.3 Å². The number of aryl methyl sites for hydroxylation is 1. The molecule has 1 N–H and O–H groups in total. The second-order valence-electron chi connectivity index (χ2n) is 7.81. The summed E-state index contributed by atoms with van der Waals surface area (Å²) in [6.45, 7) is 5.23. The number of anilines is 1. The van der Waals surface area contributed by atoms with Crippen molar-refractivity contribution in [1.29, 1.82) is 0 Å². The van der Waals surface area contributed by atoms with Gasteiger partial charge in [0.05, 0.1) is 17.5 Å². The van der Waals surface area contributed by atoms with Gasteiger partial charge in [0.25, 0.3) is 0 Å². The van der Waals surface area contributed by atoms with Gasteiger partial charge in [-0.2, -0.15) is 4.98 Å². The lowest BCUT2D eigenvalue weighted by Gasteiger charge is -2.34. The lowest BCUT2D eigenvalue weighted by Crippen LogP contribution is -2.44. The van der Waals surface area contributed by atoms with E-state index >= 15 is 0 Å². The molecule has 0 unspecified atom stereocenters. The number of piperidine rings is 1. The zero-order valence-electron chi connectivity index (χ0n) is 17.7. The van der Waals surface area contributed by atoms with Gasteiger partial charge >= 0.3 is 0 Å². The fourth-order valence-corrected chi connectivity index (χ4v) is 3.88. The standard InChI is InChI=1S/C23H26FN5O2/c1-3-20-27-21(28-31-20)19-7-4-12-25-22(19)29-13-5-6-17(14-29)23(30)26-15(2)16-8-10-18(24)11-9-16/h4,7-12,15,17H,3,5-6,13-14H2,1-2H3,(H,26,30)/t15-,17-/m1/s1. The number of nitrogens with one attached hydrogen (secondary N) is 1. The number of pyridine rings is 1. The average molecular weight is 423 g/mol. The molecule has 1 amide bonds. The quantitative estimate of drug-likeness (QED) is 0.647. The topological polar surface area (TPSA) is 84.2 Å². The molecule has 2 atom stereocenters. The van der Waals surface area contributed by atoms with Crippen LogP contribution in [0.5, 0.6) is 0 Å². The van der Waals surface area contributed by atoms with Crippen LogP contribution in [0.15, 0.2) is 47.1 Å². The van der Waals surface area contributed by atoms with E-state index in [4.69, 9.17) is 4.52 Å². The van der Waals surface area contributed by atoms with Crippen LogP contribution in [-0.2, 0) is 11.2 Å². The van der Waals surface area contributed by atoms with Crippen LogP contribution in [-0.4, -0.2) is 34.1 Å². The monoisotopic (exact) mass is 423 g/mol. The smallest absolute Gasteiger partial charge is 0.226 e. The number of carbonyl (C=O) groups is 1. The van der Waals surface area contributed by atoms with E-state index < -0.39 is 0 Å². The molecule has 3 aromatic rings. The highest BCUT2D eigenvalue weighted by atomic mass is 19.1. The summed E-state index contributed by atoms with van der Waals surface area (Å²) in [6, 6.07) is 9.79. The van der Waals surface area contributed by atoms with Crippen molar-refractivity contribution in [3.05, 3.63) is 59.9 Å². The minimum atomic E-state index is -0.288. The lowest BCUT2D eigenvalue weighted by atomic mass is 9.96. The molecule has 31 heavy (non-hydrogen) atoms. The lowest BCUT2D eigenvalue weighted by molar-refractivity contribution is -0.125. The predicted octanol–water partition coefficient (Wildman–Crippen LogP) is 3.93. The van der Waals surface area contributed by atoms with Crippen LogP contribution in [0.2, 0.25) is 0 Å². The van der Waals surface area contributed by atoms with Gasteiger partial charge in [0.2, 0.25) is 17.6 Å². The van der Waals surface area contributed by atoms with Gasteiger partial charge in [0, 0.05) is 25.7 Å². The molecular formula is C23H26FN5O2. The number of hydrogen-bond donors (Lipinski definition) is 1. The van der Waals surface area contributed by atoms with Crippen molar-refractivity contribution in [3.63, 3.8) is 0 Å². The van der Waals surface area contributed by atoms with Crippen molar-refractivity contribution in [1.82, 2.24) is 20.4 Å². The fourth-order valence-electron chi connectivity index (χ4n) is 3.88. The summed E-state index contributed by atoms with van der Waals surface area (Å²) >= 11 is 0. The van der Waals surface area contributed by atoms with E-state index in [1.165, 1.54) is 12.1 Å².